The SMILES string of the molecule is CCNC(=NCCS(=O)(=O)NCC1CCC1)NC(C)c1cccc(-n2cccn2)c1. The fraction of sp³-hybridized carbons (Fsp3) is 0.524. The van der Waals surface area contributed by atoms with Gasteiger partial charge in [0.05, 0.1) is 24.0 Å². The lowest BCUT2D eigenvalue weighted by atomic mass is 9.86. The summed E-state index contributed by atoms with van der Waals surface area (Å²) < 4.78 is 28.9. The zero-order chi connectivity index (χ0) is 21.4. The Bertz CT molecular complexity index is 923. The molecule has 1 atom stereocenters. The molecular formula is C21H32N6O2S. The summed E-state index contributed by atoms with van der Waals surface area (Å²) in [5, 5.41) is 10.8. The molecule has 164 valence electrons. The number of sulfonamides is 1. The minimum Gasteiger partial charge on any atom is -0.357 e. The second-order valence-corrected chi connectivity index (χ2v) is 9.56. The molecule has 0 spiro atoms. The van der Waals surface area contributed by atoms with Crippen molar-refractivity contribution in [2.24, 2.45) is 10.9 Å². The fourth-order valence-electron chi connectivity index (χ4n) is 3.26. The van der Waals surface area contributed by atoms with E-state index in [1.54, 1.807) is 6.20 Å². The molecule has 30 heavy (non-hydrogen) atoms. The van der Waals surface area contributed by atoms with Gasteiger partial charge in [0.15, 0.2) is 5.96 Å². The van der Waals surface area contributed by atoms with Gasteiger partial charge in [-0.15, -0.1) is 0 Å². The first kappa shape index (κ1) is 22.3. The van der Waals surface area contributed by atoms with Crippen LogP contribution in [0.25, 0.3) is 5.69 Å². The van der Waals surface area contributed by atoms with Crippen LogP contribution in [0.3, 0.4) is 0 Å². The first-order chi connectivity index (χ1) is 14.5. The summed E-state index contributed by atoms with van der Waals surface area (Å²) >= 11 is 0. The van der Waals surface area contributed by atoms with Gasteiger partial charge in [0.25, 0.3) is 0 Å². The Balaban J connectivity index is 1.56. The van der Waals surface area contributed by atoms with Crippen LogP contribution in [0.5, 0.6) is 0 Å². The van der Waals surface area contributed by atoms with Crippen LogP contribution >= 0.6 is 0 Å². The van der Waals surface area contributed by atoms with E-state index in [4.69, 9.17) is 0 Å². The van der Waals surface area contributed by atoms with Crippen molar-refractivity contribution in [3.05, 3.63) is 48.3 Å². The van der Waals surface area contributed by atoms with E-state index in [2.05, 4.69) is 31.5 Å². The molecule has 2 aromatic rings. The van der Waals surface area contributed by atoms with Gasteiger partial charge in [-0.3, -0.25) is 4.99 Å². The highest BCUT2D eigenvalue weighted by Gasteiger charge is 2.20. The molecule has 8 nitrogen and oxygen atoms in total. The summed E-state index contributed by atoms with van der Waals surface area (Å²) in [6.45, 7) is 5.48. The zero-order valence-electron chi connectivity index (χ0n) is 17.7. The van der Waals surface area contributed by atoms with E-state index < -0.39 is 10.0 Å². The molecule has 1 aliphatic rings. The molecule has 1 unspecified atom stereocenters. The number of nitrogens with zero attached hydrogens (tertiary/aromatic N) is 3. The number of hydrogen-bond donors (Lipinski definition) is 3. The third kappa shape index (κ3) is 6.56. The van der Waals surface area contributed by atoms with Gasteiger partial charge in [0, 0.05) is 25.5 Å². The highest BCUT2D eigenvalue weighted by atomic mass is 32.2. The maximum atomic E-state index is 12.2. The second kappa shape index (κ2) is 10.6. The highest BCUT2D eigenvalue weighted by molar-refractivity contribution is 7.89. The lowest BCUT2D eigenvalue weighted by molar-refractivity contribution is 0.316. The predicted octanol–water partition coefficient (Wildman–Crippen LogP) is 2.21. The molecule has 0 aliphatic heterocycles. The van der Waals surface area contributed by atoms with Crippen molar-refractivity contribution in [1.82, 2.24) is 25.1 Å². The van der Waals surface area contributed by atoms with Gasteiger partial charge < -0.3 is 10.6 Å². The highest BCUT2D eigenvalue weighted by Crippen LogP contribution is 2.25. The number of aliphatic imine (C=N–C) groups is 1. The molecule has 0 amide bonds. The monoisotopic (exact) mass is 432 g/mol. The predicted molar refractivity (Wildman–Crippen MR) is 120 cm³/mol. The van der Waals surface area contributed by atoms with Crippen molar-refractivity contribution in [3.8, 4) is 5.69 Å². The maximum absolute atomic E-state index is 12.2. The molecule has 1 aliphatic carbocycles. The van der Waals surface area contributed by atoms with E-state index in [-0.39, 0.29) is 18.3 Å². The average molecular weight is 433 g/mol. The van der Waals surface area contributed by atoms with Crippen LogP contribution in [-0.4, -0.2) is 49.5 Å². The third-order valence-corrected chi connectivity index (χ3v) is 6.61. The molecular weight excluding hydrogens is 400 g/mol. The summed E-state index contributed by atoms with van der Waals surface area (Å²) in [6.07, 6.45) is 7.10. The van der Waals surface area contributed by atoms with Crippen LogP contribution in [0.1, 0.15) is 44.7 Å². The summed E-state index contributed by atoms with van der Waals surface area (Å²) in [5.41, 5.74) is 2.07. The Labute approximate surface area is 179 Å². The zero-order valence-corrected chi connectivity index (χ0v) is 18.5. The third-order valence-electron chi connectivity index (χ3n) is 5.28. The fourth-order valence-corrected chi connectivity index (χ4v) is 4.22. The van der Waals surface area contributed by atoms with E-state index in [0.29, 0.717) is 25.0 Å². The Morgan fingerprint density at radius 1 is 1.33 bits per heavy atom. The molecule has 3 rings (SSSR count). The second-order valence-electron chi connectivity index (χ2n) is 7.64. The van der Waals surface area contributed by atoms with Crippen molar-refractivity contribution in [3.63, 3.8) is 0 Å². The number of benzene rings is 1. The van der Waals surface area contributed by atoms with Gasteiger partial charge in [-0.1, -0.05) is 18.6 Å². The van der Waals surface area contributed by atoms with E-state index in [9.17, 15) is 8.42 Å². The quantitative estimate of drug-likeness (QED) is 0.395. The van der Waals surface area contributed by atoms with Crippen LogP contribution in [0, 0.1) is 5.92 Å². The lowest BCUT2D eigenvalue weighted by Crippen LogP contribution is -2.39. The van der Waals surface area contributed by atoms with E-state index in [1.165, 1.54) is 6.42 Å². The minimum atomic E-state index is -3.30. The van der Waals surface area contributed by atoms with Gasteiger partial charge in [0.1, 0.15) is 0 Å². The van der Waals surface area contributed by atoms with Gasteiger partial charge in [-0.25, -0.2) is 17.8 Å². The molecule has 1 fully saturated rings. The Kier molecular flexibility index (Phi) is 7.87. The normalized spacial score (nSPS) is 16.1. The van der Waals surface area contributed by atoms with Crippen LogP contribution < -0.4 is 15.4 Å². The number of aromatic nitrogens is 2. The van der Waals surface area contributed by atoms with Crippen LogP contribution in [-0.2, 0) is 10.0 Å². The summed E-state index contributed by atoms with van der Waals surface area (Å²) in [6, 6.07) is 10.00. The Morgan fingerprint density at radius 3 is 2.83 bits per heavy atom. The maximum Gasteiger partial charge on any atom is 0.213 e. The first-order valence-electron chi connectivity index (χ1n) is 10.6. The molecule has 1 saturated carbocycles. The number of hydrogen-bond acceptors (Lipinski definition) is 4. The number of guanidine groups is 1. The van der Waals surface area contributed by atoms with Crippen LogP contribution in [0.15, 0.2) is 47.7 Å². The summed E-state index contributed by atoms with van der Waals surface area (Å²) in [7, 11) is -3.30. The van der Waals surface area contributed by atoms with Gasteiger partial charge in [0.2, 0.25) is 10.0 Å². The minimum absolute atomic E-state index is 0.00772. The van der Waals surface area contributed by atoms with E-state index >= 15 is 0 Å². The summed E-state index contributed by atoms with van der Waals surface area (Å²) in [4.78, 5) is 4.46. The van der Waals surface area contributed by atoms with Crippen LogP contribution in [0.2, 0.25) is 0 Å². The van der Waals surface area contributed by atoms with Crippen molar-refractivity contribution in [2.75, 3.05) is 25.4 Å². The molecule has 0 bridgehead atoms. The largest absolute Gasteiger partial charge is 0.357 e. The van der Waals surface area contributed by atoms with Crippen molar-refractivity contribution in [1.29, 1.82) is 0 Å². The molecule has 1 heterocycles. The molecule has 1 aromatic heterocycles. The van der Waals surface area contributed by atoms with Crippen molar-refractivity contribution >= 4 is 16.0 Å². The average Bonchev–Trinajstić information content (AvgIpc) is 3.21. The molecule has 3 N–H and O–H groups in total. The lowest BCUT2D eigenvalue weighted by Gasteiger charge is -2.25. The molecule has 9 heteroatoms. The van der Waals surface area contributed by atoms with E-state index in [1.807, 2.05) is 49.0 Å². The first-order valence-corrected chi connectivity index (χ1v) is 12.2. The van der Waals surface area contributed by atoms with E-state index in [0.717, 1.165) is 24.1 Å². The number of nitrogens with one attached hydrogen (secondary N) is 3. The Morgan fingerprint density at radius 2 is 2.17 bits per heavy atom. The Hall–Kier alpha value is -2.39. The number of rotatable bonds is 10. The topological polar surface area (TPSA) is 100 Å². The van der Waals surface area contributed by atoms with Crippen molar-refractivity contribution < 1.29 is 8.42 Å². The standard InChI is InChI=1S/C21H32N6O2S/c1-3-22-21(23-12-14-30(28,29)25-16-18-7-4-8-18)26-17(2)19-9-5-10-20(15-19)27-13-6-11-24-27/h5-6,9-11,13,15,17-18,25H,3-4,7-8,12,14,16H2,1-2H3,(H2,22,23,26). The van der Waals surface area contributed by atoms with Gasteiger partial charge in [-0.2, -0.15) is 5.10 Å². The van der Waals surface area contributed by atoms with Gasteiger partial charge in [-0.05, 0) is 56.4 Å². The molecule has 1 aromatic carbocycles. The molecule has 0 radical (unpaired) electrons. The molecule has 0 saturated heterocycles. The van der Waals surface area contributed by atoms with Crippen molar-refractivity contribution in [2.45, 2.75) is 39.2 Å². The smallest absolute Gasteiger partial charge is 0.213 e. The summed E-state index contributed by atoms with van der Waals surface area (Å²) in [5.74, 6) is 1.09. The van der Waals surface area contributed by atoms with Gasteiger partial charge >= 0.3 is 0 Å². The van der Waals surface area contributed by atoms with Crippen LogP contribution in [0.4, 0.5) is 0 Å².